The molecule has 0 aliphatic rings. The van der Waals surface area contributed by atoms with E-state index in [0.29, 0.717) is 11.2 Å². The van der Waals surface area contributed by atoms with Crippen LogP contribution in [0.1, 0.15) is 11.3 Å². The highest BCUT2D eigenvalue weighted by Crippen LogP contribution is 2.25. The minimum absolute atomic E-state index is 0.0637. The normalized spacial score (nSPS) is 10.3. The molecule has 0 atom stereocenters. The molecule has 1 N–H and O–H groups in total. The zero-order chi connectivity index (χ0) is 13.1. The third kappa shape index (κ3) is 2.32. The summed E-state index contributed by atoms with van der Waals surface area (Å²) in [6.07, 6.45) is 1.10. The van der Waals surface area contributed by atoms with Gasteiger partial charge in [-0.15, -0.1) is 0 Å². The van der Waals surface area contributed by atoms with Gasteiger partial charge in [-0.3, -0.25) is 0 Å². The van der Waals surface area contributed by atoms with E-state index in [1.165, 1.54) is 0 Å². The number of carbonyl (C=O) groups excluding carboxylic acids is 1. The van der Waals surface area contributed by atoms with E-state index < -0.39 is 5.97 Å². The minimum Gasteiger partial charge on any atom is -0.506 e. The van der Waals surface area contributed by atoms with Crippen LogP contribution in [0, 0.1) is 6.92 Å². The van der Waals surface area contributed by atoms with E-state index in [1.54, 1.807) is 12.1 Å². The fourth-order valence-corrected chi connectivity index (χ4v) is 1.67. The molecular weight excluding hydrogens is 230 g/mol. The summed E-state index contributed by atoms with van der Waals surface area (Å²) in [5.74, 6) is -0.377. The Labute approximate surface area is 105 Å². The van der Waals surface area contributed by atoms with Crippen LogP contribution in [0.15, 0.2) is 36.9 Å². The van der Waals surface area contributed by atoms with Gasteiger partial charge in [-0.05, 0) is 24.6 Å². The first-order chi connectivity index (χ1) is 8.61. The van der Waals surface area contributed by atoms with Crippen LogP contribution >= 0.6 is 0 Å². The molecule has 0 saturated heterocycles. The summed E-state index contributed by atoms with van der Waals surface area (Å²) in [4.78, 5) is 15.2. The quantitative estimate of drug-likeness (QED) is 0.664. The van der Waals surface area contributed by atoms with E-state index in [-0.39, 0.29) is 12.4 Å². The molecule has 0 unspecified atom stereocenters. The number of phenolic OH excluding ortho intramolecular Hbond substituents is 1. The second-order valence-electron chi connectivity index (χ2n) is 3.91. The number of fused-ring (bicyclic) bond motifs is 1. The highest BCUT2D eigenvalue weighted by atomic mass is 16.5. The number of esters is 1. The van der Waals surface area contributed by atoms with Crippen LogP contribution in [0.3, 0.4) is 0 Å². The Kier molecular flexibility index (Phi) is 3.28. The molecule has 4 nitrogen and oxygen atoms in total. The molecule has 0 bridgehead atoms. The maximum atomic E-state index is 11.0. The van der Waals surface area contributed by atoms with Gasteiger partial charge in [0.1, 0.15) is 17.9 Å². The van der Waals surface area contributed by atoms with Crippen LogP contribution < -0.4 is 0 Å². The van der Waals surface area contributed by atoms with Crippen molar-refractivity contribution in [1.82, 2.24) is 4.98 Å². The predicted molar refractivity (Wildman–Crippen MR) is 68.1 cm³/mol. The van der Waals surface area contributed by atoms with E-state index in [9.17, 15) is 9.90 Å². The van der Waals surface area contributed by atoms with Crippen LogP contribution in [0.4, 0.5) is 0 Å². The lowest BCUT2D eigenvalue weighted by Crippen LogP contribution is -2.02. The molecule has 1 heterocycles. The first-order valence-electron chi connectivity index (χ1n) is 5.49. The molecule has 0 aliphatic carbocycles. The number of benzene rings is 1. The smallest absolute Gasteiger partial charge is 0.330 e. The number of carbonyl (C=O) groups is 1. The molecule has 0 amide bonds. The summed E-state index contributed by atoms with van der Waals surface area (Å²) in [5.41, 5.74) is 2.13. The number of phenols is 1. The number of hydrogen-bond acceptors (Lipinski definition) is 4. The van der Waals surface area contributed by atoms with Gasteiger partial charge in [0.2, 0.25) is 0 Å². The number of pyridine rings is 1. The number of ether oxygens (including phenoxy) is 1. The summed E-state index contributed by atoms with van der Waals surface area (Å²) in [7, 11) is 0. The zero-order valence-corrected chi connectivity index (χ0v) is 10.0. The van der Waals surface area contributed by atoms with Crippen molar-refractivity contribution in [2.75, 3.05) is 0 Å². The molecule has 1 aromatic carbocycles. The van der Waals surface area contributed by atoms with Gasteiger partial charge in [-0.25, -0.2) is 9.78 Å². The number of aromatic nitrogens is 1. The Morgan fingerprint density at radius 2 is 2.22 bits per heavy atom. The zero-order valence-electron chi connectivity index (χ0n) is 10.0. The van der Waals surface area contributed by atoms with Crippen LogP contribution in [0.5, 0.6) is 5.75 Å². The summed E-state index contributed by atoms with van der Waals surface area (Å²) >= 11 is 0. The summed E-state index contributed by atoms with van der Waals surface area (Å²) < 4.78 is 4.90. The lowest BCUT2D eigenvalue weighted by molar-refractivity contribution is -0.139. The molecule has 4 heteroatoms. The Balaban J connectivity index is 2.35. The molecule has 2 aromatic rings. The molecule has 0 aliphatic heterocycles. The minimum atomic E-state index is -0.495. The van der Waals surface area contributed by atoms with Gasteiger partial charge in [0.05, 0.1) is 5.69 Å². The highest BCUT2D eigenvalue weighted by molar-refractivity contribution is 5.87. The Bertz CT molecular complexity index is 620. The van der Waals surface area contributed by atoms with Crippen molar-refractivity contribution in [2.24, 2.45) is 0 Å². The molecule has 0 spiro atoms. The molecule has 2 rings (SSSR count). The number of aromatic hydroxyl groups is 1. The number of aryl methyl sites for hydroxylation is 1. The molecule has 18 heavy (non-hydrogen) atoms. The summed E-state index contributed by atoms with van der Waals surface area (Å²) in [6, 6.07) is 7.06. The van der Waals surface area contributed by atoms with Gasteiger partial charge < -0.3 is 9.84 Å². The highest BCUT2D eigenvalue weighted by Gasteiger charge is 2.06. The van der Waals surface area contributed by atoms with E-state index in [4.69, 9.17) is 4.74 Å². The standard InChI is InChI=1S/C14H13NO3/c1-3-13(17)18-8-10-5-6-11-9(2)4-7-12(16)14(11)15-10/h3-7,16H,1,8H2,2H3. The molecule has 0 saturated carbocycles. The second kappa shape index (κ2) is 4.87. The maximum absolute atomic E-state index is 11.0. The van der Waals surface area contributed by atoms with E-state index in [0.717, 1.165) is 17.0 Å². The molecule has 1 aromatic heterocycles. The van der Waals surface area contributed by atoms with Gasteiger partial charge in [0.25, 0.3) is 0 Å². The summed E-state index contributed by atoms with van der Waals surface area (Å²) in [6.45, 7) is 5.32. The van der Waals surface area contributed by atoms with Crippen LogP contribution in [0.25, 0.3) is 10.9 Å². The van der Waals surface area contributed by atoms with Crippen molar-refractivity contribution >= 4 is 16.9 Å². The van der Waals surface area contributed by atoms with Crippen LogP contribution in [-0.2, 0) is 16.1 Å². The number of hydrogen-bond donors (Lipinski definition) is 1. The number of nitrogens with zero attached hydrogens (tertiary/aromatic N) is 1. The predicted octanol–water partition coefficient (Wildman–Crippen LogP) is 2.48. The topological polar surface area (TPSA) is 59.4 Å². The third-order valence-electron chi connectivity index (χ3n) is 2.64. The van der Waals surface area contributed by atoms with E-state index in [2.05, 4.69) is 11.6 Å². The van der Waals surface area contributed by atoms with E-state index in [1.807, 2.05) is 19.1 Å². The van der Waals surface area contributed by atoms with Gasteiger partial charge in [-0.2, -0.15) is 0 Å². The molecule has 92 valence electrons. The Morgan fingerprint density at radius 3 is 2.94 bits per heavy atom. The molecule has 0 radical (unpaired) electrons. The monoisotopic (exact) mass is 243 g/mol. The largest absolute Gasteiger partial charge is 0.506 e. The van der Waals surface area contributed by atoms with Crippen molar-refractivity contribution in [2.45, 2.75) is 13.5 Å². The van der Waals surface area contributed by atoms with E-state index >= 15 is 0 Å². The van der Waals surface area contributed by atoms with Crippen molar-refractivity contribution in [1.29, 1.82) is 0 Å². The van der Waals surface area contributed by atoms with Gasteiger partial charge in [-0.1, -0.05) is 18.7 Å². The van der Waals surface area contributed by atoms with Crippen molar-refractivity contribution < 1.29 is 14.6 Å². The summed E-state index contributed by atoms with van der Waals surface area (Å²) in [5, 5.41) is 10.6. The number of rotatable bonds is 3. The first kappa shape index (κ1) is 12.1. The van der Waals surface area contributed by atoms with Gasteiger partial charge >= 0.3 is 5.97 Å². The third-order valence-corrected chi connectivity index (χ3v) is 2.64. The molecule has 0 fully saturated rings. The van der Waals surface area contributed by atoms with Crippen LogP contribution in [-0.4, -0.2) is 16.1 Å². The lowest BCUT2D eigenvalue weighted by atomic mass is 10.1. The van der Waals surface area contributed by atoms with Gasteiger partial charge in [0.15, 0.2) is 0 Å². The van der Waals surface area contributed by atoms with Crippen molar-refractivity contribution in [3.63, 3.8) is 0 Å². The second-order valence-corrected chi connectivity index (χ2v) is 3.91. The fraction of sp³-hybridized carbons (Fsp3) is 0.143. The SMILES string of the molecule is C=CC(=O)OCc1ccc2c(C)ccc(O)c2n1. The van der Waals surface area contributed by atoms with Gasteiger partial charge in [0, 0.05) is 11.5 Å². The maximum Gasteiger partial charge on any atom is 0.330 e. The van der Waals surface area contributed by atoms with Crippen LogP contribution in [0.2, 0.25) is 0 Å². The average Bonchev–Trinajstić information content (AvgIpc) is 2.40. The fourth-order valence-electron chi connectivity index (χ4n) is 1.67. The Morgan fingerprint density at radius 1 is 1.44 bits per heavy atom. The lowest BCUT2D eigenvalue weighted by Gasteiger charge is -2.06. The Hall–Kier alpha value is -2.36. The molecular formula is C14H13NO3. The van der Waals surface area contributed by atoms with Crippen molar-refractivity contribution in [3.05, 3.63) is 48.2 Å². The van der Waals surface area contributed by atoms with Crippen molar-refractivity contribution in [3.8, 4) is 5.75 Å². The first-order valence-corrected chi connectivity index (χ1v) is 5.49. The average molecular weight is 243 g/mol.